The number of aromatic amines is 1. The maximum Gasteiger partial charge on any atom is 0.264 e. The van der Waals surface area contributed by atoms with Crippen molar-refractivity contribution in [2.24, 2.45) is 0 Å². The lowest BCUT2D eigenvalue weighted by atomic mass is 10.1. The maximum absolute atomic E-state index is 11.8. The highest BCUT2D eigenvalue weighted by Gasteiger charge is 2.15. The van der Waals surface area contributed by atoms with E-state index in [4.69, 9.17) is 4.42 Å². The first-order valence-electron chi connectivity index (χ1n) is 5.35. The molecule has 2 aromatic heterocycles. The van der Waals surface area contributed by atoms with Crippen LogP contribution in [0.1, 0.15) is 31.0 Å². The van der Waals surface area contributed by atoms with Crippen LogP contribution in [0.25, 0.3) is 11.6 Å². The molecule has 5 heteroatoms. The van der Waals surface area contributed by atoms with Crippen molar-refractivity contribution < 1.29 is 4.42 Å². The number of rotatable bonds is 2. The molecular formula is C12H13IN2O2. The lowest BCUT2D eigenvalue weighted by Gasteiger charge is -2.08. The van der Waals surface area contributed by atoms with E-state index in [9.17, 15) is 4.79 Å². The summed E-state index contributed by atoms with van der Waals surface area (Å²) in [6.45, 7) is 5.96. The van der Waals surface area contributed by atoms with Gasteiger partial charge in [0.1, 0.15) is 0 Å². The highest BCUT2D eigenvalue weighted by atomic mass is 127. The third kappa shape index (κ3) is 2.29. The number of aromatic nitrogens is 2. The van der Waals surface area contributed by atoms with Gasteiger partial charge in [-0.2, -0.15) is 0 Å². The fourth-order valence-corrected chi connectivity index (χ4v) is 2.46. The molecule has 17 heavy (non-hydrogen) atoms. The summed E-state index contributed by atoms with van der Waals surface area (Å²) >= 11 is 2.03. The van der Waals surface area contributed by atoms with E-state index in [2.05, 4.69) is 9.97 Å². The molecule has 0 atom stereocenters. The van der Waals surface area contributed by atoms with Gasteiger partial charge < -0.3 is 9.40 Å². The largest absolute Gasteiger partial charge is 0.461 e. The minimum atomic E-state index is -0.116. The topological polar surface area (TPSA) is 58.9 Å². The summed E-state index contributed by atoms with van der Waals surface area (Å²) in [6, 6.07) is 1.85. The lowest BCUT2D eigenvalue weighted by Crippen LogP contribution is -2.17. The average Bonchev–Trinajstić information content (AvgIpc) is 2.68. The SMILES string of the molecule is Cc1ccoc1-c1nc(C(C)C)c(I)c(=O)[nH]1. The molecule has 0 aliphatic rings. The van der Waals surface area contributed by atoms with Gasteiger partial charge in [-0.05, 0) is 47.1 Å². The van der Waals surface area contributed by atoms with Crippen molar-refractivity contribution in [3.8, 4) is 11.6 Å². The first-order valence-corrected chi connectivity index (χ1v) is 6.42. The van der Waals surface area contributed by atoms with Crippen LogP contribution < -0.4 is 5.56 Å². The van der Waals surface area contributed by atoms with Crippen molar-refractivity contribution in [1.29, 1.82) is 0 Å². The molecule has 0 bridgehead atoms. The minimum absolute atomic E-state index is 0.116. The van der Waals surface area contributed by atoms with E-state index in [1.807, 2.05) is 49.4 Å². The van der Waals surface area contributed by atoms with Gasteiger partial charge in [0.2, 0.25) is 0 Å². The fraction of sp³-hybridized carbons (Fsp3) is 0.333. The number of furan rings is 1. The van der Waals surface area contributed by atoms with E-state index in [0.29, 0.717) is 15.2 Å². The molecule has 0 fully saturated rings. The van der Waals surface area contributed by atoms with Gasteiger partial charge in [0.15, 0.2) is 11.6 Å². The Balaban J connectivity index is 2.66. The molecule has 0 radical (unpaired) electrons. The second-order valence-electron chi connectivity index (χ2n) is 4.20. The Bertz CT molecular complexity index is 599. The normalized spacial score (nSPS) is 11.1. The third-order valence-corrected chi connectivity index (χ3v) is 3.55. The summed E-state index contributed by atoms with van der Waals surface area (Å²) < 4.78 is 5.99. The first kappa shape index (κ1) is 12.3. The molecule has 0 unspecified atom stereocenters. The Labute approximate surface area is 113 Å². The van der Waals surface area contributed by atoms with Crippen LogP contribution in [0.5, 0.6) is 0 Å². The van der Waals surface area contributed by atoms with E-state index in [1.165, 1.54) is 0 Å². The minimum Gasteiger partial charge on any atom is -0.461 e. The van der Waals surface area contributed by atoms with Crippen LogP contribution in [-0.2, 0) is 0 Å². The van der Waals surface area contributed by atoms with Crippen LogP contribution in [0.15, 0.2) is 21.5 Å². The highest BCUT2D eigenvalue weighted by molar-refractivity contribution is 14.1. The summed E-state index contributed by atoms with van der Waals surface area (Å²) in [6.07, 6.45) is 1.59. The van der Waals surface area contributed by atoms with Gasteiger partial charge in [-0.1, -0.05) is 13.8 Å². The Morgan fingerprint density at radius 2 is 2.18 bits per heavy atom. The van der Waals surface area contributed by atoms with Crippen LogP contribution >= 0.6 is 22.6 Å². The number of H-pyrrole nitrogens is 1. The van der Waals surface area contributed by atoms with Crippen LogP contribution in [0.2, 0.25) is 0 Å². The predicted molar refractivity (Wildman–Crippen MR) is 74.1 cm³/mol. The standard InChI is InChI=1S/C12H13IN2O2/c1-6(2)9-8(13)12(16)15-11(14-9)10-7(3)4-5-17-10/h4-6H,1-3H3,(H,14,15,16). The van der Waals surface area contributed by atoms with Gasteiger partial charge in [0, 0.05) is 0 Å². The van der Waals surface area contributed by atoms with E-state index < -0.39 is 0 Å². The van der Waals surface area contributed by atoms with Crippen molar-refractivity contribution in [2.45, 2.75) is 26.7 Å². The van der Waals surface area contributed by atoms with E-state index >= 15 is 0 Å². The van der Waals surface area contributed by atoms with E-state index in [0.717, 1.165) is 11.3 Å². The zero-order chi connectivity index (χ0) is 12.6. The monoisotopic (exact) mass is 344 g/mol. The molecule has 0 aromatic carbocycles. The maximum atomic E-state index is 11.8. The summed E-state index contributed by atoms with van der Waals surface area (Å²) in [7, 11) is 0. The predicted octanol–water partition coefficient (Wildman–Crippen LogP) is 3.07. The molecule has 2 heterocycles. The van der Waals surface area contributed by atoms with Gasteiger partial charge in [-0.15, -0.1) is 0 Å². The molecule has 2 aromatic rings. The van der Waals surface area contributed by atoms with E-state index in [1.54, 1.807) is 6.26 Å². The van der Waals surface area contributed by atoms with Crippen molar-refractivity contribution in [1.82, 2.24) is 9.97 Å². The summed E-state index contributed by atoms with van der Waals surface area (Å²) in [5, 5.41) is 0. The molecule has 2 rings (SSSR count). The van der Waals surface area contributed by atoms with Crippen LogP contribution in [0, 0.1) is 10.5 Å². The highest BCUT2D eigenvalue weighted by Crippen LogP contribution is 2.23. The number of nitrogens with one attached hydrogen (secondary N) is 1. The van der Waals surface area contributed by atoms with Crippen LogP contribution in [0.3, 0.4) is 0 Å². The Morgan fingerprint density at radius 3 is 2.71 bits per heavy atom. The molecule has 0 aliphatic heterocycles. The van der Waals surface area contributed by atoms with Crippen LogP contribution in [0.4, 0.5) is 0 Å². The van der Waals surface area contributed by atoms with Gasteiger partial charge in [0.05, 0.1) is 15.5 Å². The Morgan fingerprint density at radius 1 is 1.47 bits per heavy atom. The van der Waals surface area contributed by atoms with Crippen LogP contribution in [-0.4, -0.2) is 9.97 Å². The average molecular weight is 344 g/mol. The molecule has 0 saturated carbocycles. The number of hydrogen-bond acceptors (Lipinski definition) is 3. The zero-order valence-corrected chi connectivity index (χ0v) is 12.0. The van der Waals surface area contributed by atoms with E-state index in [-0.39, 0.29) is 11.5 Å². The summed E-state index contributed by atoms with van der Waals surface area (Å²) in [5.74, 6) is 1.33. The lowest BCUT2D eigenvalue weighted by molar-refractivity contribution is 0.574. The smallest absolute Gasteiger partial charge is 0.264 e. The number of aryl methyl sites for hydroxylation is 1. The van der Waals surface area contributed by atoms with Crippen molar-refractivity contribution in [3.05, 3.63) is 37.5 Å². The summed E-state index contributed by atoms with van der Waals surface area (Å²) in [5.41, 5.74) is 1.65. The quantitative estimate of drug-likeness (QED) is 0.852. The second-order valence-corrected chi connectivity index (χ2v) is 5.28. The molecule has 0 saturated heterocycles. The molecule has 90 valence electrons. The first-order chi connectivity index (χ1) is 8.00. The number of hydrogen-bond donors (Lipinski definition) is 1. The molecule has 0 spiro atoms. The fourth-order valence-electron chi connectivity index (χ4n) is 1.58. The molecule has 0 amide bonds. The third-order valence-electron chi connectivity index (χ3n) is 2.51. The van der Waals surface area contributed by atoms with Gasteiger partial charge >= 0.3 is 0 Å². The van der Waals surface area contributed by atoms with Gasteiger partial charge in [-0.3, -0.25) is 4.79 Å². The van der Waals surface area contributed by atoms with Crippen molar-refractivity contribution in [2.75, 3.05) is 0 Å². The molecule has 4 nitrogen and oxygen atoms in total. The Hall–Kier alpha value is -1.11. The van der Waals surface area contributed by atoms with Crippen molar-refractivity contribution >= 4 is 22.6 Å². The van der Waals surface area contributed by atoms with Gasteiger partial charge in [0.25, 0.3) is 5.56 Å². The Kier molecular flexibility index (Phi) is 3.37. The van der Waals surface area contributed by atoms with Gasteiger partial charge in [-0.25, -0.2) is 4.98 Å². The molecule has 0 aliphatic carbocycles. The zero-order valence-electron chi connectivity index (χ0n) is 9.87. The summed E-state index contributed by atoms with van der Waals surface area (Å²) in [4.78, 5) is 19.1. The molecule has 1 N–H and O–H groups in total. The number of halogens is 1. The van der Waals surface area contributed by atoms with Crippen molar-refractivity contribution in [3.63, 3.8) is 0 Å². The second kappa shape index (κ2) is 4.64. The number of nitrogens with zero attached hydrogens (tertiary/aromatic N) is 1. The molecular weight excluding hydrogens is 331 g/mol.